The summed E-state index contributed by atoms with van der Waals surface area (Å²) in [6.45, 7) is 0. The molecule has 21 heavy (non-hydrogen) atoms. The zero-order valence-corrected chi connectivity index (χ0v) is 12.8. The van der Waals surface area contributed by atoms with Crippen molar-refractivity contribution in [1.29, 1.82) is 0 Å². The molecule has 1 aliphatic heterocycles. The number of fused-ring (bicyclic) bond motifs is 1. The Labute approximate surface area is 123 Å². The minimum absolute atomic E-state index is 0.0920. The van der Waals surface area contributed by atoms with Gasteiger partial charge >= 0.3 is 13.6 Å². The lowest BCUT2D eigenvalue weighted by atomic mass is 9.88. The third-order valence-electron chi connectivity index (χ3n) is 3.68. The highest BCUT2D eigenvalue weighted by atomic mass is 31.2. The van der Waals surface area contributed by atoms with Crippen molar-refractivity contribution in [1.82, 2.24) is 5.32 Å². The fraction of sp³-hybridized carbons (Fsp3) is 0.500. The molecule has 1 aromatic rings. The first-order chi connectivity index (χ1) is 9.90. The molecule has 0 bridgehead atoms. The smallest absolute Gasteiger partial charge is 0.325 e. The van der Waals surface area contributed by atoms with Crippen LogP contribution in [0.25, 0.3) is 0 Å². The van der Waals surface area contributed by atoms with Crippen LogP contribution in [0.3, 0.4) is 0 Å². The average molecular weight is 313 g/mol. The Morgan fingerprint density at radius 1 is 1.43 bits per heavy atom. The van der Waals surface area contributed by atoms with Gasteiger partial charge in [-0.15, -0.1) is 0 Å². The van der Waals surface area contributed by atoms with Gasteiger partial charge in [-0.25, -0.2) is 0 Å². The molecule has 7 heteroatoms. The maximum Gasteiger partial charge on any atom is 0.325 e. The van der Waals surface area contributed by atoms with Gasteiger partial charge in [0.2, 0.25) is 0 Å². The standard InChI is InChI=1S/C14H20NO5P/c1-20-14(16)13-9-10-5-2-3-6-11(10)12(15-13)7-4-8-21(17,18)19/h2-3,5-6,12-13,15H,4,7-9H2,1H3,(H2,17,18,19). The molecule has 0 saturated carbocycles. The first-order valence-corrected chi connectivity index (χ1v) is 8.67. The van der Waals surface area contributed by atoms with E-state index in [1.165, 1.54) is 7.11 Å². The van der Waals surface area contributed by atoms with Crippen LogP contribution in [0.2, 0.25) is 0 Å². The molecule has 1 heterocycles. The van der Waals surface area contributed by atoms with E-state index in [-0.39, 0.29) is 18.2 Å². The van der Waals surface area contributed by atoms with Gasteiger partial charge < -0.3 is 14.5 Å². The number of nitrogens with one attached hydrogen (secondary N) is 1. The molecule has 0 aromatic heterocycles. The Hall–Kier alpha value is -1.20. The van der Waals surface area contributed by atoms with Crippen LogP contribution in [-0.2, 0) is 20.5 Å². The number of rotatable bonds is 5. The Bertz CT molecular complexity index is 556. The van der Waals surface area contributed by atoms with E-state index in [1.54, 1.807) is 0 Å². The van der Waals surface area contributed by atoms with Gasteiger partial charge in [0.15, 0.2) is 0 Å². The van der Waals surface area contributed by atoms with Crippen LogP contribution in [-0.4, -0.2) is 35.1 Å². The maximum atomic E-state index is 11.7. The highest BCUT2D eigenvalue weighted by molar-refractivity contribution is 7.51. The van der Waals surface area contributed by atoms with E-state index < -0.39 is 13.6 Å². The Morgan fingerprint density at radius 2 is 2.14 bits per heavy atom. The van der Waals surface area contributed by atoms with Crippen LogP contribution in [0.1, 0.15) is 30.0 Å². The molecule has 2 atom stereocenters. The highest BCUT2D eigenvalue weighted by Gasteiger charge is 2.30. The number of hydrogen-bond donors (Lipinski definition) is 3. The van der Waals surface area contributed by atoms with E-state index in [9.17, 15) is 9.36 Å². The normalized spacial score (nSPS) is 21.7. The van der Waals surface area contributed by atoms with E-state index in [1.807, 2.05) is 24.3 Å². The van der Waals surface area contributed by atoms with Crippen LogP contribution in [0.15, 0.2) is 24.3 Å². The molecule has 6 nitrogen and oxygen atoms in total. The average Bonchev–Trinajstić information content (AvgIpc) is 2.44. The zero-order chi connectivity index (χ0) is 15.5. The summed E-state index contributed by atoms with van der Waals surface area (Å²) in [5.74, 6) is -0.315. The van der Waals surface area contributed by atoms with E-state index in [2.05, 4.69) is 5.32 Å². The molecule has 0 radical (unpaired) electrons. The van der Waals surface area contributed by atoms with Crippen LogP contribution in [0.5, 0.6) is 0 Å². The van der Waals surface area contributed by atoms with E-state index in [4.69, 9.17) is 14.5 Å². The summed E-state index contributed by atoms with van der Waals surface area (Å²) in [5.41, 5.74) is 2.16. The van der Waals surface area contributed by atoms with E-state index in [0.29, 0.717) is 19.3 Å². The number of carbonyl (C=O) groups is 1. The topological polar surface area (TPSA) is 95.9 Å². The molecule has 0 spiro atoms. The minimum atomic E-state index is -3.98. The van der Waals surface area contributed by atoms with Crippen molar-refractivity contribution >= 4 is 13.6 Å². The first-order valence-electron chi connectivity index (χ1n) is 6.87. The second-order valence-electron chi connectivity index (χ2n) is 5.23. The van der Waals surface area contributed by atoms with Crippen molar-refractivity contribution in [3.8, 4) is 0 Å². The predicted molar refractivity (Wildman–Crippen MR) is 78.0 cm³/mol. The summed E-state index contributed by atoms with van der Waals surface area (Å²) in [6, 6.07) is 7.30. The van der Waals surface area contributed by atoms with Gasteiger partial charge in [0.1, 0.15) is 6.04 Å². The summed E-state index contributed by atoms with van der Waals surface area (Å²) in [7, 11) is -2.62. The SMILES string of the molecule is COC(=O)C1Cc2ccccc2C(CCCP(=O)(O)O)N1. The third kappa shape index (κ3) is 4.38. The van der Waals surface area contributed by atoms with Crippen molar-refractivity contribution in [3.63, 3.8) is 0 Å². The molecule has 2 rings (SSSR count). The fourth-order valence-electron chi connectivity index (χ4n) is 2.71. The van der Waals surface area contributed by atoms with E-state index >= 15 is 0 Å². The monoisotopic (exact) mass is 313 g/mol. The van der Waals surface area contributed by atoms with Gasteiger partial charge in [-0.1, -0.05) is 24.3 Å². The van der Waals surface area contributed by atoms with Crippen molar-refractivity contribution in [2.45, 2.75) is 31.3 Å². The third-order valence-corrected chi connectivity index (χ3v) is 4.58. The van der Waals surface area contributed by atoms with Crippen molar-refractivity contribution in [2.75, 3.05) is 13.3 Å². The van der Waals surface area contributed by atoms with Gasteiger partial charge in [0, 0.05) is 12.2 Å². The molecular weight excluding hydrogens is 293 g/mol. The fourth-order valence-corrected chi connectivity index (χ4v) is 3.30. The summed E-state index contributed by atoms with van der Waals surface area (Å²) < 4.78 is 15.7. The van der Waals surface area contributed by atoms with Gasteiger partial charge in [0.05, 0.1) is 7.11 Å². The lowest BCUT2D eigenvalue weighted by molar-refractivity contribution is -0.143. The molecule has 0 saturated heterocycles. The number of benzene rings is 1. The summed E-state index contributed by atoms with van der Waals surface area (Å²) in [6.07, 6.45) is 1.38. The van der Waals surface area contributed by atoms with Gasteiger partial charge in [-0.2, -0.15) is 0 Å². The molecule has 116 valence electrons. The second kappa shape index (κ2) is 6.71. The lowest BCUT2D eigenvalue weighted by Crippen LogP contribution is -2.45. The van der Waals surface area contributed by atoms with Crippen LogP contribution in [0.4, 0.5) is 0 Å². The highest BCUT2D eigenvalue weighted by Crippen LogP contribution is 2.37. The second-order valence-corrected chi connectivity index (χ2v) is 7.01. The van der Waals surface area contributed by atoms with Gasteiger partial charge in [-0.3, -0.25) is 14.7 Å². The summed E-state index contributed by atoms with van der Waals surface area (Å²) in [5, 5.41) is 3.22. The molecule has 1 aromatic carbocycles. The summed E-state index contributed by atoms with van der Waals surface area (Å²) >= 11 is 0. The molecule has 0 amide bonds. The van der Waals surface area contributed by atoms with Gasteiger partial charge in [-0.05, 0) is 30.4 Å². The van der Waals surface area contributed by atoms with Crippen molar-refractivity contribution in [2.24, 2.45) is 0 Å². The summed E-state index contributed by atoms with van der Waals surface area (Å²) in [4.78, 5) is 29.6. The van der Waals surface area contributed by atoms with E-state index in [0.717, 1.165) is 11.1 Å². The Balaban J connectivity index is 2.11. The van der Waals surface area contributed by atoms with Crippen LogP contribution >= 0.6 is 7.60 Å². The minimum Gasteiger partial charge on any atom is -0.468 e. The zero-order valence-electron chi connectivity index (χ0n) is 11.9. The number of carbonyl (C=O) groups excluding carboxylic acids is 1. The van der Waals surface area contributed by atoms with Crippen LogP contribution in [0, 0.1) is 0 Å². The molecule has 0 aliphatic carbocycles. The molecule has 3 N–H and O–H groups in total. The lowest BCUT2D eigenvalue weighted by Gasteiger charge is -2.32. The number of hydrogen-bond acceptors (Lipinski definition) is 4. The predicted octanol–water partition coefficient (Wildman–Crippen LogP) is 1.37. The Morgan fingerprint density at radius 3 is 2.81 bits per heavy atom. The van der Waals surface area contributed by atoms with Crippen molar-refractivity contribution < 1.29 is 23.9 Å². The molecule has 0 fully saturated rings. The van der Waals surface area contributed by atoms with Crippen LogP contribution < -0.4 is 5.32 Å². The maximum absolute atomic E-state index is 11.7. The largest absolute Gasteiger partial charge is 0.468 e. The molecule has 2 unspecified atom stereocenters. The van der Waals surface area contributed by atoms with Gasteiger partial charge in [0.25, 0.3) is 0 Å². The number of ether oxygens (including phenoxy) is 1. The number of esters is 1. The number of methoxy groups -OCH3 is 1. The molecular formula is C14H20NO5P. The Kier molecular flexibility index (Phi) is 5.17. The molecule has 1 aliphatic rings. The quantitative estimate of drug-likeness (QED) is 0.561. The first kappa shape index (κ1) is 16.2. The van der Waals surface area contributed by atoms with Crippen molar-refractivity contribution in [3.05, 3.63) is 35.4 Å².